The summed E-state index contributed by atoms with van der Waals surface area (Å²) in [5.41, 5.74) is -2.71. The molecule has 0 aliphatic heterocycles. The Labute approximate surface area is 146 Å². The number of aliphatic carboxylic acids is 1. The fourth-order valence-corrected chi connectivity index (χ4v) is 5.73. The Balaban J connectivity index is 2.36. The number of fused-ring (bicyclic) bond motifs is 1. The molecule has 0 spiro atoms. The first-order valence-corrected chi connectivity index (χ1v) is 9.21. The zero-order valence-corrected chi connectivity index (χ0v) is 15.6. The molecule has 0 aromatic carbocycles. The monoisotopic (exact) mass is 338 g/mol. The van der Waals surface area contributed by atoms with Gasteiger partial charge >= 0.3 is 5.97 Å². The number of carbonyl (C=O) groups is 1. The third kappa shape index (κ3) is 3.15. The molecule has 2 saturated carbocycles. The first-order valence-electron chi connectivity index (χ1n) is 9.21. The maximum atomic E-state index is 12.0. The van der Waals surface area contributed by atoms with Crippen LogP contribution in [0.4, 0.5) is 0 Å². The summed E-state index contributed by atoms with van der Waals surface area (Å²) in [5, 5.41) is 31.2. The van der Waals surface area contributed by atoms with Gasteiger partial charge in [-0.2, -0.15) is 0 Å². The third-order valence-corrected chi connectivity index (χ3v) is 7.33. The maximum Gasteiger partial charge on any atom is 0.309 e. The minimum Gasteiger partial charge on any atom is -0.481 e. The lowest BCUT2D eigenvalue weighted by molar-refractivity contribution is -0.192. The Bertz CT molecular complexity index is 510. The van der Waals surface area contributed by atoms with Crippen LogP contribution in [0.3, 0.4) is 0 Å². The zero-order valence-electron chi connectivity index (χ0n) is 15.6. The second-order valence-corrected chi connectivity index (χ2v) is 9.18. The molecule has 4 nitrogen and oxygen atoms in total. The SMILES string of the molecule is C=CC(C)(O)CCC1C(C)(O)CCC2C(C)(C(=O)O)CCCC12C. The van der Waals surface area contributed by atoms with Crippen LogP contribution >= 0.6 is 0 Å². The van der Waals surface area contributed by atoms with Crippen LogP contribution < -0.4 is 0 Å². The van der Waals surface area contributed by atoms with Crippen molar-refractivity contribution >= 4 is 5.97 Å². The van der Waals surface area contributed by atoms with Crippen molar-refractivity contribution in [3.05, 3.63) is 12.7 Å². The summed E-state index contributed by atoms with van der Waals surface area (Å²) < 4.78 is 0. The van der Waals surface area contributed by atoms with Crippen LogP contribution in [-0.4, -0.2) is 32.5 Å². The molecule has 0 amide bonds. The topological polar surface area (TPSA) is 77.8 Å². The van der Waals surface area contributed by atoms with E-state index < -0.39 is 22.6 Å². The Morgan fingerprint density at radius 3 is 2.46 bits per heavy atom. The van der Waals surface area contributed by atoms with Crippen LogP contribution in [0.5, 0.6) is 0 Å². The lowest BCUT2D eigenvalue weighted by atomic mass is 9.44. The Morgan fingerprint density at radius 1 is 1.29 bits per heavy atom. The van der Waals surface area contributed by atoms with Crippen molar-refractivity contribution < 1.29 is 20.1 Å². The van der Waals surface area contributed by atoms with Crippen molar-refractivity contribution in [2.75, 3.05) is 0 Å². The number of aliphatic hydroxyl groups is 2. The van der Waals surface area contributed by atoms with Crippen molar-refractivity contribution in [1.82, 2.24) is 0 Å². The second kappa shape index (κ2) is 6.14. The highest BCUT2D eigenvalue weighted by atomic mass is 16.4. The van der Waals surface area contributed by atoms with E-state index in [9.17, 15) is 20.1 Å². The molecule has 2 fully saturated rings. The van der Waals surface area contributed by atoms with Gasteiger partial charge in [0, 0.05) is 0 Å². The minimum atomic E-state index is -0.954. The Kier molecular flexibility index (Phi) is 4.97. The predicted molar refractivity (Wildman–Crippen MR) is 94.6 cm³/mol. The molecule has 2 rings (SSSR count). The number of carboxylic acid groups (broad SMARTS) is 1. The number of hydrogen-bond acceptors (Lipinski definition) is 3. The summed E-state index contributed by atoms with van der Waals surface area (Å²) in [6.07, 6.45) is 6.65. The van der Waals surface area contributed by atoms with Gasteiger partial charge in [0.05, 0.1) is 16.6 Å². The normalized spacial score (nSPS) is 45.1. The highest BCUT2D eigenvalue weighted by Gasteiger charge is 2.61. The predicted octanol–water partition coefficient (Wildman–Crippen LogP) is 3.76. The molecule has 0 aromatic rings. The Morgan fingerprint density at radius 2 is 1.92 bits per heavy atom. The van der Waals surface area contributed by atoms with Crippen molar-refractivity contribution in [1.29, 1.82) is 0 Å². The molecule has 0 aromatic heterocycles. The zero-order chi connectivity index (χ0) is 18.4. The molecule has 0 radical (unpaired) electrons. The van der Waals surface area contributed by atoms with Crippen molar-refractivity contribution in [2.24, 2.45) is 22.7 Å². The van der Waals surface area contributed by atoms with Gasteiger partial charge in [0.25, 0.3) is 0 Å². The summed E-state index contributed by atoms with van der Waals surface area (Å²) in [4.78, 5) is 12.0. The van der Waals surface area contributed by atoms with Crippen LogP contribution in [0.25, 0.3) is 0 Å². The molecule has 4 heteroatoms. The number of carboxylic acids is 1. The highest BCUT2D eigenvalue weighted by Crippen LogP contribution is 2.63. The van der Waals surface area contributed by atoms with Crippen LogP contribution in [0.15, 0.2) is 12.7 Å². The van der Waals surface area contributed by atoms with Gasteiger partial charge in [-0.15, -0.1) is 6.58 Å². The van der Waals surface area contributed by atoms with Gasteiger partial charge < -0.3 is 15.3 Å². The summed E-state index contributed by atoms with van der Waals surface area (Å²) in [5.74, 6) is -0.666. The van der Waals surface area contributed by atoms with Crippen LogP contribution in [0, 0.1) is 22.7 Å². The Hall–Kier alpha value is -0.870. The third-order valence-electron chi connectivity index (χ3n) is 7.33. The van der Waals surface area contributed by atoms with Crippen LogP contribution in [-0.2, 0) is 4.79 Å². The average Bonchev–Trinajstić information content (AvgIpc) is 2.45. The maximum absolute atomic E-state index is 12.0. The van der Waals surface area contributed by atoms with Crippen molar-refractivity contribution in [2.45, 2.75) is 83.8 Å². The number of hydrogen-bond donors (Lipinski definition) is 3. The molecule has 6 atom stereocenters. The molecule has 0 saturated heterocycles. The molecular weight excluding hydrogens is 304 g/mol. The summed E-state index contributed by atoms with van der Waals surface area (Å²) >= 11 is 0. The van der Waals surface area contributed by atoms with E-state index in [0.29, 0.717) is 25.7 Å². The van der Waals surface area contributed by atoms with E-state index in [-0.39, 0.29) is 17.3 Å². The molecular formula is C20H34O4. The first-order chi connectivity index (χ1) is 10.9. The largest absolute Gasteiger partial charge is 0.481 e. The van der Waals surface area contributed by atoms with Gasteiger partial charge in [-0.1, -0.05) is 19.4 Å². The highest BCUT2D eigenvalue weighted by molar-refractivity contribution is 5.75. The van der Waals surface area contributed by atoms with Gasteiger partial charge in [0.15, 0.2) is 0 Å². The second-order valence-electron chi connectivity index (χ2n) is 9.18. The van der Waals surface area contributed by atoms with Gasteiger partial charge in [0.2, 0.25) is 0 Å². The number of rotatable bonds is 5. The molecule has 2 aliphatic rings. The van der Waals surface area contributed by atoms with E-state index in [1.54, 1.807) is 13.0 Å². The average molecular weight is 338 g/mol. The molecule has 3 N–H and O–H groups in total. The van der Waals surface area contributed by atoms with E-state index in [1.807, 2.05) is 13.8 Å². The lowest BCUT2D eigenvalue weighted by Crippen LogP contribution is -2.59. The quantitative estimate of drug-likeness (QED) is 0.667. The first kappa shape index (κ1) is 19.5. The van der Waals surface area contributed by atoms with Gasteiger partial charge in [-0.25, -0.2) is 0 Å². The van der Waals surface area contributed by atoms with E-state index in [1.165, 1.54) is 0 Å². The smallest absolute Gasteiger partial charge is 0.309 e. The summed E-state index contributed by atoms with van der Waals surface area (Å²) in [6.45, 7) is 11.4. The van der Waals surface area contributed by atoms with Gasteiger partial charge in [-0.3, -0.25) is 4.79 Å². The van der Waals surface area contributed by atoms with E-state index in [0.717, 1.165) is 19.3 Å². The molecule has 138 valence electrons. The standard InChI is InChI=1S/C20H34O4/c1-6-17(2,23)12-8-15-18(3)10-7-11-19(4,16(21)22)14(18)9-13-20(15,5)24/h6,14-15,23-24H,1,7-13H2,2-5H3,(H,21,22). The van der Waals surface area contributed by atoms with E-state index in [4.69, 9.17) is 0 Å². The minimum absolute atomic E-state index is 0.0193. The van der Waals surface area contributed by atoms with Gasteiger partial charge in [0.1, 0.15) is 0 Å². The van der Waals surface area contributed by atoms with Crippen molar-refractivity contribution in [3.63, 3.8) is 0 Å². The van der Waals surface area contributed by atoms with E-state index >= 15 is 0 Å². The molecule has 0 bridgehead atoms. The lowest BCUT2D eigenvalue weighted by Gasteiger charge is -2.61. The summed E-state index contributed by atoms with van der Waals surface area (Å²) in [6, 6.07) is 0. The molecule has 2 aliphatic carbocycles. The van der Waals surface area contributed by atoms with E-state index in [2.05, 4.69) is 13.5 Å². The fraction of sp³-hybridized carbons (Fsp3) is 0.850. The summed E-state index contributed by atoms with van der Waals surface area (Å²) in [7, 11) is 0. The van der Waals surface area contributed by atoms with Crippen LogP contribution in [0.1, 0.15) is 72.6 Å². The fourth-order valence-electron chi connectivity index (χ4n) is 5.73. The molecule has 6 unspecified atom stereocenters. The van der Waals surface area contributed by atoms with Crippen LogP contribution in [0.2, 0.25) is 0 Å². The van der Waals surface area contributed by atoms with Gasteiger partial charge in [-0.05, 0) is 76.5 Å². The molecule has 0 heterocycles. The molecule has 24 heavy (non-hydrogen) atoms. The van der Waals surface area contributed by atoms with Crippen molar-refractivity contribution in [3.8, 4) is 0 Å².